The minimum absolute atomic E-state index is 0.0303. The molecule has 26 heavy (non-hydrogen) atoms. The molecule has 146 valence electrons. The SMILES string of the molecule is CC(C)(C)C(=O)N1CC[C@H]2CC(=O)N(CCN3CCNC3=O)CC[C@H]2C1. The van der Waals surface area contributed by atoms with Crippen LogP contribution in [0.1, 0.15) is 40.0 Å². The Balaban J connectivity index is 1.56. The first-order valence-corrected chi connectivity index (χ1v) is 9.85. The molecule has 3 heterocycles. The van der Waals surface area contributed by atoms with Gasteiger partial charge < -0.3 is 20.0 Å². The number of carbonyl (C=O) groups is 3. The van der Waals surface area contributed by atoms with E-state index in [9.17, 15) is 14.4 Å². The second-order valence-corrected chi connectivity index (χ2v) is 8.90. The highest BCUT2D eigenvalue weighted by molar-refractivity contribution is 5.82. The Morgan fingerprint density at radius 3 is 2.38 bits per heavy atom. The standard InChI is InChI=1S/C19H32N4O3/c1-19(2,3)17(25)23-8-4-14-12-16(24)21(7-5-15(14)13-23)10-11-22-9-6-20-18(22)26/h14-15H,4-13H2,1-3H3,(H,20,26)/t14-,15-/m0/s1. The zero-order chi connectivity index (χ0) is 18.9. The summed E-state index contributed by atoms with van der Waals surface area (Å²) in [5.74, 6) is 1.20. The molecule has 7 heteroatoms. The predicted octanol–water partition coefficient (Wildman–Crippen LogP) is 1.14. The predicted molar refractivity (Wildman–Crippen MR) is 98.4 cm³/mol. The molecule has 0 bridgehead atoms. The van der Waals surface area contributed by atoms with E-state index in [0.717, 1.165) is 39.0 Å². The summed E-state index contributed by atoms with van der Waals surface area (Å²) in [6.45, 7) is 10.8. The third kappa shape index (κ3) is 4.13. The molecular weight excluding hydrogens is 332 g/mol. The number of hydrogen-bond donors (Lipinski definition) is 1. The number of likely N-dealkylation sites (tertiary alicyclic amines) is 2. The normalized spacial score (nSPS) is 27.3. The van der Waals surface area contributed by atoms with Gasteiger partial charge >= 0.3 is 6.03 Å². The van der Waals surface area contributed by atoms with E-state index in [1.807, 2.05) is 30.6 Å². The van der Waals surface area contributed by atoms with E-state index < -0.39 is 0 Å². The number of nitrogens with zero attached hydrogens (tertiary/aromatic N) is 3. The smallest absolute Gasteiger partial charge is 0.317 e. The summed E-state index contributed by atoms with van der Waals surface area (Å²) >= 11 is 0. The minimum Gasteiger partial charge on any atom is -0.342 e. The van der Waals surface area contributed by atoms with E-state index in [1.54, 1.807) is 4.90 Å². The van der Waals surface area contributed by atoms with E-state index in [1.165, 1.54) is 0 Å². The first kappa shape index (κ1) is 19.0. The van der Waals surface area contributed by atoms with Gasteiger partial charge in [0.25, 0.3) is 0 Å². The molecule has 0 spiro atoms. The molecule has 2 atom stereocenters. The number of urea groups is 1. The van der Waals surface area contributed by atoms with Crippen molar-refractivity contribution < 1.29 is 14.4 Å². The molecule has 0 unspecified atom stereocenters. The maximum atomic E-state index is 12.7. The minimum atomic E-state index is -0.351. The highest BCUT2D eigenvalue weighted by Gasteiger charge is 2.38. The van der Waals surface area contributed by atoms with Crippen LogP contribution in [0.25, 0.3) is 0 Å². The molecular formula is C19H32N4O3. The monoisotopic (exact) mass is 364 g/mol. The summed E-state index contributed by atoms with van der Waals surface area (Å²) in [5.41, 5.74) is -0.351. The summed E-state index contributed by atoms with van der Waals surface area (Å²) in [6.07, 6.45) is 2.44. The Labute approximate surface area is 156 Å². The second-order valence-electron chi connectivity index (χ2n) is 8.90. The Morgan fingerprint density at radius 2 is 1.73 bits per heavy atom. The van der Waals surface area contributed by atoms with Crippen LogP contribution in [0.2, 0.25) is 0 Å². The number of nitrogens with one attached hydrogen (secondary N) is 1. The lowest BCUT2D eigenvalue weighted by Crippen LogP contribution is -2.47. The van der Waals surface area contributed by atoms with Gasteiger partial charge in [-0.2, -0.15) is 0 Å². The molecule has 0 aromatic rings. The van der Waals surface area contributed by atoms with Gasteiger partial charge in [0, 0.05) is 57.6 Å². The lowest BCUT2D eigenvalue weighted by molar-refractivity contribution is -0.142. The molecule has 0 saturated carbocycles. The second kappa shape index (κ2) is 7.45. The summed E-state index contributed by atoms with van der Waals surface area (Å²) < 4.78 is 0. The van der Waals surface area contributed by atoms with Crippen molar-refractivity contribution in [2.75, 3.05) is 45.8 Å². The van der Waals surface area contributed by atoms with E-state index in [-0.39, 0.29) is 23.3 Å². The van der Waals surface area contributed by atoms with Gasteiger partial charge in [0.15, 0.2) is 0 Å². The molecule has 3 aliphatic rings. The third-order valence-electron chi connectivity index (χ3n) is 5.96. The Hall–Kier alpha value is -1.79. The molecule has 7 nitrogen and oxygen atoms in total. The van der Waals surface area contributed by atoms with Crippen molar-refractivity contribution in [2.24, 2.45) is 17.3 Å². The van der Waals surface area contributed by atoms with Crippen molar-refractivity contribution in [1.82, 2.24) is 20.0 Å². The lowest BCUT2D eigenvalue weighted by atomic mass is 9.81. The van der Waals surface area contributed by atoms with Crippen LogP contribution >= 0.6 is 0 Å². The van der Waals surface area contributed by atoms with Gasteiger partial charge in [0.1, 0.15) is 0 Å². The van der Waals surface area contributed by atoms with Crippen LogP contribution in [0.15, 0.2) is 0 Å². The maximum absolute atomic E-state index is 12.7. The van der Waals surface area contributed by atoms with E-state index in [0.29, 0.717) is 37.9 Å². The molecule has 0 radical (unpaired) electrons. The van der Waals surface area contributed by atoms with Gasteiger partial charge in [-0.15, -0.1) is 0 Å². The van der Waals surface area contributed by atoms with Crippen molar-refractivity contribution in [1.29, 1.82) is 0 Å². The largest absolute Gasteiger partial charge is 0.342 e. The molecule has 4 amide bonds. The van der Waals surface area contributed by atoms with E-state index in [4.69, 9.17) is 0 Å². The van der Waals surface area contributed by atoms with Gasteiger partial charge in [-0.05, 0) is 24.7 Å². The van der Waals surface area contributed by atoms with Crippen molar-refractivity contribution in [3.05, 3.63) is 0 Å². The van der Waals surface area contributed by atoms with Crippen molar-refractivity contribution in [3.8, 4) is 0 Å². The number of amides is 4. The van der Waals surface area contributed by atoms with Gasteiger partial charge in [0.2, 0.25) is 11.8 Å². The summed E-state index contributed by atoms with van der Waals surface area (Å²) in [5, 5.41) is 2.80. The van der Waals surface area contributed by atoms with Crippen LogP contribution in [0.4, 0.5) is 4.79 Å². The third-order valence-corrected chi connectivity index (χ3v) is 5.96. The zero-order valence-corrected chi connectivity index (χ0v) is 16.3. The quantitative estimate of drug-likeness (QED) is 0.816. The molecule has 0 aromatic heterocycles. The average molecular weight is 364 g/mol. The topological polar surface area (TPSA) is 73.0 Å². The van der Waals surface area contributed by atoms with Crippen LogP contribution < -0.4 is 5.32 Å². The van der Waals surface area contributed by atoms with Crippen molar-refractivity contribution in [2.45, 2.75) is 40.0 Å². The zero-order valence-electron chi connectivity index (χ0n) is 16.3. The molecule has 3 saturated heterocycles. The first-order chi connectivity index (χ1) is 12.3. The molecule has 0 aliphatic carbocycles. The molecule has 3 fully saturated rings. The van der Waals surface area contributed by atoms with E-state index in [2.05, 4.69) is 5.32 Å². The van der Waals surface area contributed by atoms with Crippen LogP contribution in [-0.4, -0.2) is 78.4 Å². The number of hydrogen-bond acceptors (Lipinski definition) is 3. The molecule has 1 N–H and O–H groups in total. The molecule has 0 aromatic carbocycles. The fourth-order valence-corrected chi connectivity index (χ4v) is 4.34. The van der Waals surface area contributed by atoms with E-state index >= 15 is 0 Å². The Morgan fingerprint density at radius 1 is 1.04 bits per heavy atom. The fourth-order valence-electron chi connectivity index (χ4n) is 4.34. The molecule has 3 aliphatic heterocycles. The van der Waals surface area contributed by atoms with Crippen molar-refractivity contribution in [3.63, 3.8) is 0 Å². The summed E-state index contributed by atoms with van der Waals surface area (Å²) in [6, 6.07) is -0.0303. The van der Waals surface area contributed by atoms with Crippen LogP contribution in [0, 0.1) is 17.3 Å². The van der Waals surface area contributed by atoms with Crippen molar-refractivity contribution >= 4 is 17.8 Å². The maximum Gasteiger partial charge on any atom is 0.317 e. The van der Waals surface area contributed by atoms with Gasteiger partial charge in [-0.3, -0.25) is 9.59 Å². The van der Waals surface area contributed by atoms with Crippen LogP contribution in [-0.2, 0) is 9.59 Å². The number of fused-ring (bicyclic) bond motifs is 1. The molecule has 3 rings (SSSR count). The van der Waals surface area contributed by atoms with Crippen LogP contribution in [0.5, 0.6) is 0 Å². The number of piperidine rings is 1. The Bertz CT molecular complexity index is 572. The van der Waals surface area contributed by atoms with Crippen LogP contribution in [0.3, 0.4) is 0 Å². The highest BCUT2D eigenvalue weighted by Crippen LogP contribution is 2.34. The highest BCUT2D eigenvalue weighted by atomic mass is 16.2. The van der Waals surface area contributed by atoms with Gasteiger partial charge in [-0.25, -0.2) is 4.79 Å². The first-order valence-electron chi connectivity index (χ1n) is 9.85. The number of rotatable bonds is 3. The fraction of sp³-hybridized carbons (Fsp3) is 0.842. The van der Waals surface area contributed by atoms with Gasteiger partial charge in [0.05, 0.1) is 0 Å². The average Bonchev–Trinajstić information content (AvgIpc) is 2.91. The summed E-state index contributed by atoms with van der Waals surface area (Å²) in [4.78, 5) is 42.6. The summed E-state index contributed by atoms with van der Waals surface area (Å²) in [7, 11) is 0. The van der Waals surface area contributed by atoms with Gasteiger partial charge in [-0.1, -0.05) is 20.8 Å². The lowest BCUT2D eigenvalue weighted by Gasteiger charge is -2.40. The number of carbonyl (C=O) groups excluding carboxylic acids is 3. The Kier molecular flexibility index (Phi) is 5.44.